The minimum Gasteiger partial charge on any atom is -0.468 e. The number of ether oxygens (including phenoxy) is 1. The van der Waals surface area contributed by atoms with E-state index in [2.05, 4.69) is 10.6 Å². The largest absolute Gasteiger partial charge is 0.468 e. The smallest absolute Gasteiger partial charge is 0.323 e. The predicted octanol–water partition coefficient (Wildman–Crippen LogP) is 0.292. The summed E-state index contributed by atoms with van der Waals surface area (Å²) in [7, 11) is 1.40. The summed E-state index contributed by atoms with van der Waals surface area (Å²) in [6.07, 6.45) is 4.45. The van der Waals surface area contributed by atoms with Gasteiger partial charge in [-0.2, -0.15) is 0 Å². The zero-order valence-electron chi connectivity index (χ0n) is 10.6. The van der Waals surface area contributed by atoms with Gasteiger partial charge >= 0.3 is 5.97 Å². The lowest BCUT2D eigenvalue weighted by Gasteiger charge is -2.15. The van der Waals surface area contributed by atoms with Gasteiger partial charge in [-0.05, 0) is 25.7 Å². The topological polar surface area (TPSA) is 67.4 Å². The molecule has 2 saturated carbocycles. The molecule has 0 heterocycles. The molecule has 0 radical (unpaired) electrons. The molecule has 0 saturated heterocycles. The Labute approximate surface area is 111 Å². The van der Waals surface area contributed by atoms with E-state index in [1.807, 2.05) is 0 Å². The van der Waals surface area contributed by atoms with Gasteiger partial charge in [-0.15, -0.1) is 11.8 Å². The second kappa shape index (κ2) is 6.43. The lowest BCUT2D eigenvalue weighted by atomic mass is 10.3. The predicted molar refractivity (Wildman–Crippen MR) is 70.5 cm³/mol. The Morgan fingerprint density at radius 1 is 1.28 bits per heavy atom. The van der Waals surface area contributed by atoms with Crippen LogP contribution < -0.4 is 10.6 Å². The Bertz CT molecular complexity index is 316. The molecule has 2 rings (SSSR count). The Balaban J connectivity index is 1.63. The highest BCUT2D eigenvalue weighted by Gasteiger charge is 2.29. The van der Waals surface area contributed by atoms with Gasteiger partial charge < -0.3 is 15.4 Å². The number of rotatable bonds is 8. The molecule has 2 N–H and O–H groups in total. The lowest BCUT2D eigenvalue weighted by molar-refractivity contribution is -0.142. The minimum atomic E-state index is -0.291. The van der Waals surface area contributed by atoms with Gasteiger partial charge in [0, 0.05) is 17.8 Å². The maximum Gasteiger partial charge on any atom is 0.323 e. The van der Waals surface area contributed by atoms with Crippen LogP contribution >= 0.6 is 11.8 Å². The number of methoxy groups -OCH3 is 1. The second-order valence-corrected chi connectivity index (χ2v) is 5.90. The van der Waals surface area contributed by atoms with Crippen LogP contribution in [0.3, 0.4) is 0 Å². The van der Waals surface area contributed by atoms with Gasteiger partial charge in [0.1, 0.15) is 6.04 Å². The molecule has 0 spiro atoms. The van der Waals surface area contributed by atoms with Crippen LogP contribution in [0.15, 0.2) is 0 Å². The third-order valence-electron chi connectivity index (χ3n) is 2.96. The van der Waals surface area contributed by atoms with E-state index < -0.39 is 0 Å². The van der Waals surface area contributed by atoms with E-state index in [0.29, 0.717) is 23.6 Å². The zero-order chi connectivity index (χ0) is 13.0. The molecule has 102 valence electrons. The molecular weight excluding hydrogens is 252 g/mol. The Kier molecular flexibility index (Phi) is 4.88. The van der Waals surface area contributed by atoms with E-state index in [1.165, 1.54) is 18.9 Å². The number of carbonyl (C=O) groups excluding carboxylic acids is 2. The highest BCUT2D eigenvalue weighted by molar-refractivity contribution is 8.00. The Morgan fingerprint density at radius 2 is 1.94 bits per heavy atom. The molecule has 5 nitrogen and oxygen atoms in total. The molecule has 0 aromatic heterocycles. The quantitative estimate of drug-likeness (QED) is 0.622. The first-order chi connectivity index (χ1) is 8.69. The molecule has 2 aliphatic rings. The normalized spacial score (nSPS) is 20.3. The summed E-state index contributed by atoms with van der Waals surface area (Å²) in [5.74, 6) is 0.826. The number of nitrogens with one attached hydrogen (secondary N) is 2. The molecule has 2 aliphatic carbocycles. The first-order valence-corrected chi connectivity index (χ1v) is 7.55. The molecule has 0 bridgehead atoms. The molecule has 1 atom stereocenters. The number of esters is 1. The molecule has 1 amide bonds. The van der Waals surface area contributed by atoms with Gasteiger partial charge in [-0.25, -0.2) is 0 Å². The van der Waals surface area contributed by atoms with Crippen molar-refractivity contribution in [3.8, 4) is 0 Å². The Morgan fingerprint density at radius 3 is 2.50 bits per heavy atom. The van der Waals surface area contributed by atoms with Gasteiger partial charge in [0.15, 0.2) is 0 Å². The summed E-state index contributed by atoms with van der Waals surface area (Å²) in [5.41, 5.74) is 0. The van der Waals surface area contributed by atoms with Crippen LogP contribution in [0.2, 0.25) is 0 Å². The van der Waals surface area contributed by atoms with Crippen molar-refractivity contribution in [2.75, 3.05) is 18.6 Å². The molecule has 18 heavy (non-hydrogen) atoms. The van der Waals surface area contributed by atoms with Crippen LogP contribution in [0, 0.1) is 0 Å². The van der Waals surface area contributed by atoms with Crippen LogP contribution in [0.25, 0.3) is 0 Å². The zero-order valence-corrected chi connectivity index (χ0v) is 11.4. The molecule has 6 heteroatoms. The molecule has 0 aromatic carbocycles. The van der Waals surface area contributed by atoms with E-state index in [4.69, 9.17) is 4.74 Å². The number of amides is 1. The highest BCUT2D eigenvalue weighted by Crippen LogP contribution is 2.21. The Hall–Kier alpha value is -0.750. The number of hydrogen-bond acceptors (Lipinski definition) is 5. The summed E-state index contributed by atoms with van der Waals surface area (Å²) in [5, 5.41) is 6.17. The van der Waals surface area contributed by atoms with Crippen molar-refractivity contribution in [3.63, 3.8) is 0 Å². The fourth-order valence-electron chi connectivity index (χ4n) is 1.63. The van der Waals surface area contributed by atoms with Crippen LogP contribution in [-0.4, -0.2) is 48.6 Å². The maximum absolute atomic E-state index is 11.5. The second-order valence-electron chi connectivity index (χ2n) is 4.87. The molecule has 0 aromatic rings. The number of hydrogen-bond donors (Lipinski definition) is 2. The molecule has 0 aliphatic heterocycles. The van der Waals surface area contributed by atoms with Crippen LogP contribution in [0.4, 0.5) is 0 Å². The van der Waals surface area contributed by atoms with Crippen molar-refractivity contribution in [2.45, 2.75) is 43.8 Å². The van der Waals surface area contributed by atoms with Crippen molar-refractivity contribution < 1.29 is 14.3 Å². The van der Waals surface area contributed by atoms with Gasteiger partial charge in [-0.1, -0.05) is 0 Å². The van der Waals surface area contributed by atoms with Crippen molar-refractivity contribution in [1.29, 1.82) is 0 Å². The van der Waals surface area contributed by atoms with E-state index in [9.17, 15) is 9.59 Å². The summed E-state index contributed by atoms with van der Waals surface area (Å²) >= 11 is 1.48. The number of carbonyl (C=O) groups is 2. The third-order valence-corrected chi connectivity index (χ3v) is 4.00. The maximum atomic E-state index is 11.5. The fourth-order valence-corrected chi connectivity index (χ4v) is 2.48. The van der Waals surface area contributed by atoms with Gasteiger partial charge in [0.05, 0.1) is 12.9 Å². The average Bonchev–Trinajstić information content (AvgIpc) is 3.21. The van der Waals surface area contributed by atoms with Crippen molar-refractivity contribution >= 4 is 23.6 Å². The van der Waals surface area contributed by atoms with E-state index in [1.54, 1.807) is 0 Å². The monoisotopic (exact) mass is 272 g/mol. The van der Waals surface area contributed by atoms with E-state index in [-0.39, 0.29) is 17.9 Å². The van der Waals surface area contributed by atoms with Crippen molar-refractivity contribution in [2.24, 2.45) is 0 Å². The fraction of sp³-hybridized carbons (Fsp3) is 0.833. The average molecular weight is 272 g/mol. The van der Waals surface area contributed by atoms with E-state index in [0.717, 1.165) is 25.7 Å². The van der Waals surface area contributed by atoms with Crippen LogP contribution in [0.5, 0.6) is 0 Å². The standard InChI is InChI=1S/C12H20N2O3S/c1-17-12(16)10(13-8-2-3-8)6-18-7-11(15)14-9-4-5-9/h8-10,13H,2-7H2,1H3,(H,14,15). The number of thioether (sulfide) groups is 1. The third kappa shape index (κ3) is 4.86. The summed E-state index contributed by atoms with van der Waals surface area (Å²) < 4.78 is 4.76. The summed E-state index contributed by atoms with van der Waals surface area (Å²) in [6.45, 7) is 0. The first-order valence-electron chi connectivity index (χ1n) is 6.40. The van der Waals surface area contributed by atoms with Crippen LogP contribution in [-0.2, 0) is 14.3 Å². The van der Waals surface area contributed by atoms with Gasteiger partial charge in [-0.3, -0.25) is 9.59 Å². The molecule has 2 fully saturated rings. The van der Waals surface area contributed by atoms with Gasteiger partial charge in [0.25, 0.3) is 0 Å². The summed E-state index contributed by atoms with van der Waals surface area (Å²) in [4.78, 5) is 23.0. The highest BCUT2D eigenvalue weighted by atomic mass is 32.2. The summed E-state index contributed by atoms with van der Waals surface area (Å²) in [6, 6.07) is 0.565. The van der Waals surface area contributed by atoms with E-state index >= 15 is 0 Å². The first kappa shape index (κ1) is 13.7. The molecule has 1 unspecified atom stereocenters. The van der Waals surface area contributed by atoms with Crippen molar-refractivity contribution in [1.82, 2.24) is 10.6 Å². The van der Waals surface area contributed by atoms with Crippen LogP contribution in [0.1, 0.15) is 25.7 Å². The lowest BCUT2D eigenvalue weighted by Crippen LogP contribution is -2.41. The van der Waals surface area contributed by atoms with Crippen molar-refractivity contribution in [3.05, 3.63) is 0 Å². The SMILES string of the molecule is COC(=O)C(CSCC(=O)NC1CC1)NC1CC1. The van der Waals surface area contributed by atoms with Gasteiger partial charge in [0.2, 0.25) is 5.91 Å². The minimum absolute atomic E-state index is 0.0672. The molecular formula is C12H20N2O3S.